The summed E-state index contributed by atoms with van der Waals surface area (Å²) in [6.45, 7) is 3.78. The lowest BCUT2D eigenvalue weighted by Crippen LogP contribution is -1.94. The van der Waals surface area contributed by atoms with Crippen LogP contribution in [0.25, 0.3) is 0 Å². The zero-order valence-corrected chi connectivity index (χ0v) is 7.92. The highest BCUT2D eigenvalue weighted by molar-refractivity contribution is 9.09. The molecule has 0 N–H and O–H groups in total. The molecule has 0 heterocycles. The molecule has 1 atom stereocenters. The average Bonchev–Trinajstić information content (AvgIpc) is 1.89. The Hall–Kier alpha value is 0.770. The summed E-state index contributed by atoms with van der Waals surface area (Å²) in [6.07, 6.45) is 4.52. The van der Waals surface area contributed by atoms with Crippen molar-refractivity contribution < 1.29 is 0 Å². The Morgan fingerprint density at radius 2 is 2.11 bits per heavy atom. The second-order valence-corrected chi connectivity index (χ2v) is 3.74. The van der Waals surface area contributed by atoms with Crippen LogP contribution in [0.5, 0.6) is 0 Å². The summed E-state index contributed by atoms with van der Waals surface area (Å²) in [7, 11) is 0. The van der Waals surface area contributed by atoms with Crippen molar-refractivity contribution in [3.05, 3.63) is 6.92 Å². The second-order valence-electron chi connectivity index (χ2n) is 2.07. The largest absolute Gasteiger partial charge is 0.127 e. The summed E-state index contributed by atoms with van der Waals surface area (Å²) >= 11 is 9.00. The molecule has 0 aliphatic rings. The normalized spacial score (nSPS) is 13.7. The van der Waals surface area contributed by atoms with Gasteiger partial charge in [0, 0.05) is 10.7 Å². The van der Waals surface area contributed by atoms with Gasteiger partial charge < -0.3 is 0 Å². The molecule has 0 nitrogen and oxygen atoms in total. The molecule has 55 valence electrons. The van der Waals surface area contributed by atoms with Crippen molar-refractivity contribution in [2.24, 2.45) is 0 Å². The van der Waals surface area contributed by atoms with Gasteiger partial charge in [0.15, 0.2) is 0 Å². The molecule has 0 aromatic heterocycles. The van der Waals surface area contributed by atoms with E-state index >= 15 is 0 Å². The molecule has 0 saturated heterocycles. The molecule has 0 aliphatic carbocycles. The summed E-state index contributed by atoms with van der Waals surface area (Å²) in [5.74, 6) is 0.789. The highest BCUT2D eigenvalue weighted by Gasteiger charge is 1.98. The molecule has 0 saturated carbocycles. The lowest BCUT2D eigenvalue weighted by molar-refractivity contribution is 0.696. The van der Waals surface area contributed by atoms with Crippen LogP contribution in [0.3, 0.4) is 0 Å². The van der Waals surface area contributed by atoms with Gasteiger partial charge in [-0.25, -0.2) is 0 Å². The third-order valence-corrected chi connectivity index (χ3v) is 2.40. The van der Waals surface area contributed by atoms with Gasteiger partial charge in [0.25, 0.3) is 0 Å². The average molecular weight is 213 g/mol. The summed E-state index contributed by atoms with van der Waals surface area (Å²) in [4.78, 5) is 0.598. The van der Waals surface area contributed by atoms with Gasteiger partial charge >= 0.3 is 0 Å². The van der Waals surface area contributed by atoms with E-state index in [1.165, 1.54) is 12.8 Å². The third kappa shape index (κ3) is 6.66. The molecule has 0 fully saturated rings. The van der Waals surface area contributed by atoms with Crippen molar-refractivity contribution in [3.63, 3.8) is 0 Å². The quantitative estimate of drug-likeness (QED) is 0.484. The van der Waals surface area contributed by atoms with Crippen LogP contribution in [0, 0.1) is 6.92 Å². The number of alkyl halides is 2. The Morgan fingerprint density at radius 1 is 1.44 bits per heavy atom. The zero-order valence-electron chi connectivity index (χ0n) is 5.58. The van der Waals surface area contributed by atoms with Crippen LogP contribution in [-0.4, -0.2) is 10.7 Å². The molecule has 0 spiro atoms. The minimum absolute atomic E-state index is 0.598. The Balaban J connectivity index is 2.88. The number of unbranched alkanes of at least 4 members (excludes halogenated alkanes) is 1. The van der Waals surface area contributed by atoms with E-state index in [2.05, 4.69) is 22.9 Å². The molecular formula is C7H13BrCl. The van der Waals surface area contributed by atoms with Crippen molar-refractivity contribution in [2.45, 2.75) is 30.5 Å². The third-order valence-electron chi connectivity index (χ3n) is 1.21. The predicted octanol–water partition coefficient (Wildman–Crippen LogP) is 3.38. The highest BCUT2D eigenvalue weighted by atomic mass is 79.9. The van der Waals surface area contributed by atoms with Crippen LogP contribution in [0.2, 0.25) is 0 Å². The van der Waals surface area contributed by atoms with Gasteiger partial charge in [0.05, 0.1) is 0 Å². The van der Waals surface area contributed by atoms with Crippen molar-refractivity contribution in [3.8, 4) is 0 Å². The fourth-order valence-electron chi connectivity index (χ4n) is 0.605. The lowest BCUT2D eigenvalue weighted by atomic mass is 10.2. The predicted molar refractivity (Wildman–Crippen MR) is 47.3 cm³/mol. The van der Waals surface area contributed by atoms with E-state index in [0.29, 0.717) is 4.83 Å². The molecule has 0 amide bonds. The number of halogens is 2. The van der Waals surface area contributed by atoms with Crippen molar-refractivity contribution in [1.82, 2.24) is 0 Å². The number of hydrogen-bond acceptors (Lipinski definition) is 0. The summed E-state index contributed by atoms with van der Waals surface area (Å²) in [5.41, 5.74) is 0. The SMILES string of the molecule is [CH2]CC(Br)CCCCCl. The first-order chi connectivity index (χ1) is 4.31. The molecule has 0 rings (SSSR count). The first kappa shape index (κ1) is 9.77. The number of hydrogen-bond donors (Lipinski definition) is 0. The topological polar surface area (TPSA) is 0 Å². The number of rotatable bonds is 5. The molecule has 2 heteroatoms. The molecule has 1 radical (unpaired) electrons. The van der Waals surface area contributed by atoms with Crippen molar-refractivity contribution in [1.29, 1.82) is 0 Å². The van der Waals surface area contributed by atoms with Crippen LogP contribution in [0.15, 0.2) is 0 Å². The Kier molecular flexibility index (Phi) is 7.47. The maximum atomic E-state index is 5.50. The minimum Gasteiger partial charge on any atom is -0.127 e. The highest BCUT2D eigenvalue weighted by Crippen LogP contribution is 2.12. The molecular weight excluding hydrogens is 199 g/mol. The smallest absolute Gasteiger partial charge is 0.0223 e. The van der Waals surface area contributed by atoms with E-state index in [9.17, 15) is 0 Å². The Bertz CT molecular complexity index is 56.9. The summed E-state index contributed by atoms with van der Waals surface area (Å²) < 4.78 is 0. The van der Waals surface area contributed by atoms with E-state index in [1.54, 1.807) is 0 Å². The summed E-state index contributed by atoms with van der Waals surface area (Å²) in [6, 6.07) is 0. The van der Waals surface area contributed by atoms with Crippen LogP contribution in [0.4, 0.5) is 0 Å². The monoisotopic (exact) mass is 211 g/mol. The van der Waals surface area contributed by atoms with Crippen molar-refractivity contribution >= 4 is 27.5 Å². The maximum Gasteiger partial charge on any atom is 0.0223 e. The molecule has 0 bridgehead atoms. The molecule has 9 heavy (non-hydrogen) atoms. The van der Waals surface area contributed by atoms with E-state index in [0.717, 1.165) is 18.7 Å². The van der Waals surface area contributed by atoms with Gasteiger partial charge in [0.2, 0.25) is 0 Å². The van der Waals surface area contributed by atoms with Crippen molar-refractivity contribution in [2.75, 3.05) is 5.88 Å². The first-order valence-corrected chi connectivity index (χ1v) is 4.75. The van der Waals surface area contributed by atoms with Gasteiger partial charge in [-0.05, 0) is 19.3 Å². The second kappa shape index (κ2) is 6.88. The van der Waals surface area contributed by atoms with Gasteiger partial charge in [-0.1, -0.05) is 29.3 Å². The van der Waals surface area contributed by atoms with Crippen LogP contribution < -0.4 is 0 Å². The van der Waals surface area contributed by atoms with E-state index in [1.807, 2.05) is 0 Å². The maximum absolute atomic E-state index is 5.50. The van der Waals surface area contributed by atoms with Crippen LogP contribution in [-0.2, 0) is 0 Å². The van der Waals surface area contributed by atoms with E-state index in [-0.39, 0.29) is 0 Å². The standard InChI is InChI=1S/C7H13BrCl/c1-2-7(8)5-3-4-6-9/h7H,1-6H2. The van der Waals surface area contributed by atoms with Gasteiger partial charge in [-0.15, -0.1) is 11.6 Å². The van der Waals surface area contributed by atoms with Gasteiger partial charge in [-0.3, -0.25) is 0 Å². The lowest BCUT2D eigenvalue weighted by Gasteiger charge is -2.03. The fraction of sp³-hybridized carbons (Fsp3) is 0.857. The van der Waals surface area contributed by atoms with E-state index in [4.69, 9.17) is 11.6 Å². The Morgan fingerprint density at radius 3 is 2.56 bits per heavy atom. The fourth-order valence-corrected chi connectivity index (χ4v) is 1.12. The van der Waals surface area contributed by atoms with Crippen LogP contribution >= 0.6 is 27.5 Å². The Labute approximate surface area is 71.1 Å². The van der Waals surface area contributed by atoms with Gasteiger partial charge in [-0.2, -0.15) is 0 Å². The summed E-state index contributed by atoms with van der Waals surface area (Å²) in [5, 5.41) is 0. The van der Waals surface area contributed by atoms with E-state index < -0.39 is 0 Å². The zero-order chi connectivity index (χ0) is 7.11. The first-order valence-electron chi connectivity index (χ1n) is 3.30. The van der Waals surface area contributed by atoms with Crippen LogP contribution in [0.1, 0.15) is 25.7 Å². The molecule has 0 aromatic rings. The minimum atomic E-state index is 0.598. The van der Waals surface area contributed by atoms with Gasteiger partial charge in [0.1, 0.15) is 0 Å². The molecule has 1 unspecified atom stereocenters. The molecule has 0 aromatic carbocycles. The molecule has 0 aliphatic heterocycles.